The van der Waals surface area contributed by atoms with E-state index < -0.39 is 40.5 Å². The van der Waals surface area contributed by atoms with Crippen LogP contribution in [-0.4, -0.2) is 63.6 Å². The Bertz CT molecular complexity index is 921. The van der Waals surface area contributed by atoms with E-state index in [2.05, 4.69) is 6.92 Å². The van der Waals surface area contributed by atoms with Crippen LogP contribution in [0.1, 0.15) is 54.3 Å². The van der Waals surface area contributed by atoms with Crippen LogP contribution in [0.2, 0.25) is 0 Å². The molecular weight excluding hydrogens is 394 g/mol. The Hall–Kier alpha value is -3.30. The lowest BCUT2D eigenvalue weighted by molar-refractivity contribution is -0.385. The number of nitrogens with zero attached hydrogens (tertiary/aromatic N) is 3. The van der Waals surface area contributed by atoms with Crippen molar-refractivity contribution in [1.29, 1.82) is 0 Å². The molecule has 1 saturated heterocycles. The molecule has 3 rings (SSSR count). The predicted octanol–water partition coefficient (Wildman–Crippen LogP) is 1.77. The molecule has 2 atom stereocenters. The van der Waals surface area contributed by atoms with Gasteiger partial charge in [-0.2, -0.15) is 0 Å². The lowest BCUT2D eigenvalue weighted by Gasteiger charge is -2.32. The zero-order chi connectivity index (χ0) is 22.2. The number of amides is 3. The van der Waals surface area contributed by atoms with Crippen LogP contribution in [0.4, 0.5) is 5.69 Å². The van der Waals surface area contributed by atoms with Crippen molar-refractivity contribution in [2.75, 3.05) is 13.1 Å². The van der Waals surface area contributed by atoms with Crippen LogP contribution in [0.3, 0.4) is 0 Å². The molecule has 0 saturated carbocycles. The molecule has 1 aromatic carbocycles. The van der Waals surface area contributed by atoms with E-state index in [1.165, 1.54) is 26.0 Å². The standard InChI is InChI=1S/C20H23N3O7/c1-11-7-9-21(10-8-11)17(24)13(3)30-20(27)12(2)22-18(25)14-5-4-6-15(23(28)29)16(14)19(22)26/h4-6,11-13H,7-10H2,1-3H3. The summed E-state index contributed by atoms with van der Waals surface area (Å²) in [4.78, 5) is 63.1. The number of carbonyl (C=O) groups excluding carboxylic acids is 4. The molecule has 0 radical (unpaired) electrons. The summed E-state index contributed by atoms with van der Waals surface area (Å²) in [5, 5.41) is 11.2. The molecule has 30 heavy (non-hydrogen) atoms. The lowest BCUT2D eigenvalue weighted by Crippen LogP contribution is -2.48. The number of likely N-dealkylation sites (tertiary alicyclic amines) is 1. The van der Waals surface area contributed by atoms with E-state index >= 15 is 0 Å². The molecule has 3 amide bonds. The van der Waals surface area contributed by atoms with Crippen LogP contribution in [0, 0.1) is 16.0 Å². The number of carbonyl (C=O) groups is 4. The largest absolute Gasteiger partial charge is 0.451 e. The molecule has 2 unspecified atom stereocenters. The molecule has 0 aromatic heterocycles. The highest BCUT2D eigenvalue weighted by atomic mass is 16.6. The van der Waals surface area contributed by atoms with Gasteiger partial charge in [-0.15, -0.1) is 0 Å². The van der Waals surface area contributed by atoms with Gasteiger partial charge in [0.05, 0.1) is 10.5 Å². The Morgan fingerprint density at radius 2 is 1.80 bits per heavy atom. The van der Waals surface area contributed by atoms with Crippen molar-refractivity contribution in [3.8, 4) is 0 Å². The predicted molar refractivity (Wildman–Crippen MR) is 104 cm³/mol. The summed E-state index contributed by atoms with van der Waals surface area (Å²) in [5.41, 5.74) is -0.990. The zero-order valence-electron chi connectivity index (χ0n) is 17.0. The fourth-order valence-corrected chi connectivity index (χ4v) is 3.70. The Kier molecular flexibility index (Phi) is 5.86. The lowest BCUT2D eigenvalue weighted by atomic mass is 9.99. The number of esters is 1. The van der Waals surface area contributed by atoms with Gasteiger partial charge in [-0.3, -0.25) is 29.4 Å². The molecule has 2 heterocycles. The fraction of sp³-hybridized carbons (Fsp3) is 0.500. The summed E-state index contributed by atoms with van der Waals surface area (Å²) in [5.74, 6) is -2.48. The molecule has 10 nitrogen and oxygen atoms in total. The van der Waals surface area contributed by atoms with Gasteiger partial charge < -0.3 is 9.64 Å². The summed E-state index contributed by atoms with van der Waals surface area (Å²) in [6.07, 6.45) is 0.672. The number of rotatable bonds is 5. The molecule has 0 bridgehead atoms. The number of ether oxygens (including phenoxy) is 1. The van der Waals surface area contributed by atoms with Gasteiger partial charge in [0, 0.05) is 19.2 Å². The summed E-state index contributed by atoms with van der Waals surface area (Å²) in [6.45, 7) is 6.01. The first kappa shape index (κ1) is 21.4. The SMILES string of the molecule is CC1CCN(C(=O)C(C)OC(=O)C(C)N2C(=O)c3cccc([N+](=O)[O-])c3C2=O)CC1. The highest BCUT2D eigenvalue weighted by molar-refractivity contribution is 6.24. The van der Waals surface area contributed by atoms with E-state index in [9.17, 15) is 29.3 Å². The van der Waals surface area contributed by atoms with Crippen molar-refractivity contribution in [3.05, 3.63) is 39.4 Å². The van der Waals surface area contributed by atoms with Gasteiger partial charge in [0.15, 0.2) is 6.10 Å². The number of nitro benzene ring substituents is 1. The summed E-state index contributed by atoms with van der Waals surface area (Å²) in [7, 11) is 0. The van der Waals surface area contributed by atoms with Crippen molar-refractivity contribution in [3.63, 3.8) is 0 Å². The third-order valence-electron chi connectivity index (χ3n) is 5.59. The van der Waals surface area contributed by atoms with Gasteiger partial charge in [-0.05, 0) is 38.7 Å². The number of benzene rings is 1. The molecule has 0 N–H and O–H groups in total. The van der Waals surface area contributed by atoms with Gasteiger partial charge in [0.1, 0.15) is 11.6 Å². The Morgan fingerprint density at radius 3 is 2.40 bits per heavy atom. The Morgan fingerprint density at radius 1 is 1.17 bits per heavy atom. The van der Waals surface area contributed by atoms with Crippen LogP contribution < -0.4 is 0 Å². The second kappa shape index (κ2) is 8.21. The van der Waals surface area contributed by atoms with E-state index in [1.54, 1.807) is 4.90 Å². The van der Waals surface area contributed by atoms with Crippen LogP contribution in [-0.2, 0) is 14.3 Å². The van der Waals surface area contributed by atoms with Gasteiger partial charge in [-0.1, -0.05) is 13.0 Å². The normalized spacial score (nSPS) is 18.8. The van der Waals surface area contributed by atoms with E-state index in [1.807, 2.05) is 0 Å². The summed E-state index contributed by atoms with van der Waals surface area (Å²) in [6, 6.07) is 2.38. The number of fused-ring (bicyclic) bond motifs is 1. The van der Waals surface area contributed by atoms with Crippen LogP contribution >= 0.6 is 0 Å². The third-order valence-corrected chi connectivity index (χ3v) is 5.59. The quantitative estimate of drug-likeness (QED) is 0.309. The first-order chi connectivity index (χ1) is 14.1. The van der Waals surface area contributed by atoms with Crippen molar-refractivity contribution < 1.29 is 28.8 Å². The van der Waals surface area contributed by atoms with Crippen molar-refractivity contribution in [2.24, 2.45) is 5.92 Å². The number of imide groups is 1. The molecule has 10 heteroatoms. The zero-order valence-corrected chi connectivity index (χ0v) is 17.0. The highest BCUT2D eigenvalue weighted by Gasteiger charge is 2.45. The Labute approximate surface area is 172 Å². The minimum absolute atomic E-state index is 0.139. The minimum atomic E-state index is -1.34. The molecular formula is C20H23N3O7. The van der Waals surface area contributed by atoms with E-state index in [0.29, 0.717) is 23.9 Å². The second-order valence-corrected chi connectivity index (χ2v) is 7.70. The van der Waals surface area contributed by atoms with Gasteiger partial charge >= 0.3 is 5.97 Å². The topological polar surface area (TPSA) is 127 Å². The molecule has 160 valence electrons. The van der Waals surface area contributed by atoms with Crippen LogP contribution in [0.5, 0.6) is 0 Å². The summed E-state index contributed by atoms with van der Waals surface area (Å²) >= 11 is 0. The number of hydrogen-bond donors (Lipinski definition) is 0. The number of hydrogen-bond acceptors (Lipinski definition) is 7. The van der Waals surface area contributed by atoms with E-state index in [0.717, 1.165) is 18.9 Å². The number of nitro groups is 1. The maximum atomic E-state index is 12.7. The van der Waals surface area contributed by atoms with Crippen LogP contribution in [0.25, 0.3) is 0 Å². The van der Waals surface area contributed by atoms with Crippen molar-refractivity contribution >= 4 is 29.4 Å². The first-order valence-corrected chi connectivity index (χ1v) is 9.78. The van der Waals surface area contributed by atoms with E-state index in [4.69, 9.17) is 4.74 Å². The monoisotopic (exact) mass is 417 g/mol. The van der Waals surface area contributed by atoms with Gasteiger partial charge in [0.25, 0.3) is 23.4 Å². The summed E-state index contributed by atoms with van der Waals surface area (Å²) < 4.78 is 5.23. The van der Waals surface area contributed by atoms with Gasteiger partial charge in [0.2, 0.25) is 0 Å². The smallest absolute Gasteiger partial charge is 0.329 e. The Balaban J connectivity index is 1.71. The average Bonchev–Trinajstić information content (AvgIpc) is 2.97. The second-order valence-electron chi connectivity index (χ2n) is 7.70. The minimum Gasteiger partial charge on any atom is -0.451 e. The molecule has 2 aliphatic heterocycles. The average molecular weight is 417 g/mol. The molecule has 0 spiro atoms. The van der Waals surface area contributed by atoms with E-state index in [-0.39, 0.29) is 17.0 Å². The molecule has 2 aliphatic rings. The van der Waals surface area contributed by atoms with Crippen LogP contribution in [0.15, 0.2) is 18.2 Å². The maximum Gasteiger partial charge on any atom is 0.329 e. The molecule has 0 aliphatic carbocycles. The first-order valence-electron chi connectivity index (χ1n) is 9.78. The molecule has 1 fully saturated rings. The number of piperidine rings is 1. The van der Waals surface area contributed by atoms with Crippen molar-refractivity contribution in [2.45, 2.75) is 45.8 Å². The fourth-order valence-electron chi connectivity index (χ4n) is 3.70. The van der Waals surface area contributed by atoms with Gasteiger partial charge in [-0.25, -0.2) is 4.79 Å². The van der Waals surface area contributed by atoms with Crippen molar-refractivity contribution in [1.82, 2.24) is 9.80 Å². The maximum absolute atomic E-state index is 12.7. The molecule has 1 aromatic rings. The third kappa shape index (κ3) is 3.77. The highest BCUT2D eigenvalue weighted by Crippen LogP contribution is 2.32.